The van der Waals surface area contributed by atoms with Gasteiger partial charge in [0.25, 0.3) is 5.91 Å². The first-order valence-corrected chi connectivity index (χ1v) is 8.41. The Balaban J connectivity index is 1.39. The average molecular weight is 332 g/mol. The van der Waals surface area contributed by atoms with E-state index in [1.54, 1.807) is 6.21 Å². The number of aliphatic imine (C=N–C) groups is 1. The lowest BCUT2D eigenvalue weighted by molar-refractivity contribution is -0.126. The third kappa shape index (κ3) is 2.91. The van der Waals surface area contributed by atoms with E-state index >= 15 is 0 Å². The van der Waals surface area contributed by atoms with Gasteiger partial charge in [-0.2, -0.15) is 5.10 Å². The predicted molar refractivity (Wildman–Crippen MR) is 89.0 cm³/mol. The van der Waals surface area contributed by atoms with Gasteiger partial charge in [-0.1, -0.05) is 11.6 Å². The quantitative estimate of drug-likeness (QED) is 0.875. The topological polar surface area (TPSA) is 67.3 Å². The van der Waals surface area contributed by atoms with Gasteiger partial charge in [0.05, 0.1) is 11.2 Å². The summed E-state index contributed by atoms with van der Waals surface area (Å²) in [6, 6.07) is 5.77. The Bertz CT molecular complexity index is 758. The predicted octanol–water partition coefficient (Wildman–Crippen LogP) is 3.49. The minimum absolute atomic E-state index is 0.136. The number of ether oxygens (including phenoxy) is 1. The summed E-state index contributed by atoms with van der Waals surface area (Å²) in [5.41, 5.74) is 2.08. The van der Waals surface area contributed by atoms with E-state index in [4.69, 9.17) is 16.3 Å². The van der Waals surface area contributed by atoms with E-state index in [0.29, 0.717) is 18.4 Å². The van der Waals surface area contributed by atoms with E-state index < -0.39 is 0 Å². The molecule has 0 radical (unpaired) electrons. The molecule has 4 rings (SSSR count). The molecule has 1 amide bonds. The molecule has 1 aliphatic heterocycles. The van der Waals surface area contributed by atoms with Crippen LogP contribution in [-0.2, 0) is 9.53 Å². The molecular weight excluding hydrogens is 314 g/mol. The zero-order valence-corrected chi connectivity index (χ0v) is 13.4. The van der Waals surface area contributed by atoms with Crippen molar-refractivity contribution in [1.29, 1.82) is 0 Å². The molecule has 5 nitrogen and oxygen atoms in total. The van der Waals surface area contributed by atoms with Crippen LogP contribution in [0.2, 0.25) is 5.02 Å². The van der Waals surface area contributed by atoms with Gasteiger partial charge in [-0.05, 0) is 49.8 Å². The molecule has 1 N–H and O–H groups in total. The third-order valence-electron chi connectivity index (χ3n) is 4.73. The number of aromatic nitrogens is 2. The van der Waals surface area contributed by atoms with E-state index in [9.17, 15) is 4.79 Å². The van der Waals surface area contributed by atoms with Gasteiger partial charge in [0.1, 0.15) is 6.10 Å². The molecule has 2 aliphatic rings. The molecule has 1 saturated carbocycles. The first-order chi connectivity index (χ1) is 11.2. The summed E-state index contributed by atoms with van der Waals surface area (Å²) in [6.45, 7) is 0.673. The van der Waals surface area contributed by atoms with Crippen LogP contribution in [0.25, 0.3) is 10.9 Å². The van der Waals surface area contributed by atoms with Crippen molar-refractivity contribution in [2.75, 3.05) is 6.61 Å². The zero-order valence-electron chi connectivity index (χ0n) is 12.7. The van der Waals surface area contributed by atoms with Crippen molar-refractivity contribution in [1.82, 2.24) is 10.2 Å². The summed E-state index contributed by atoms with van der Waals surface area (Å²) in [5.74, 6) is 0.607. The van der Waals surface area contributed by atoms with Gasteiger partial charge in [0.15, 0.2) is 0 Å². The normalized spacial score (nSPS) is 27.6. The number of nitrogens with zero attached hydrogens (tertiary/aromatic N) is 2. The monoisotopic (exact) mass is 331 g/mol. The molecule has 2 fully saturated rings. The molecule has 2 aromatic rings. The minimum Gasteiger partial charge on any atom is -0.368 e. The van der Waals surface area contributed by atoms with Gasteiger partial charge in [0, 0.05) is 29.1 Å². The summed E-state index contributed by atoms with van der Waals surface area (Å²) in [4.78, 5) is 15.9. The number of hydrogen-bond acceptors (Lipinski definition) is 3. The average Bonchev–Trinajstić information content (AvgIpc) is 3.15. The smallest absolute Gasteiger partial charge is 0.274 e. The van der Waals surface area contributed by atoms with Crippen LogP contribution in [0.15, 0.2) is 23.2 Å². The molecule has 1 aromatic carbocycles. The lowest BCUT2D eigenvalue weighted by Crippen LogP contribution is -2.25. The highest BCUT2D eigenvalue weighted by molar-refractivity contribution is 6.31. The summed E-state index contributed by atoms with van der Waals surface area (Å²) in [6.07, 6.45) is 5.15. The fraction of sp³-hybridized carbons (Fsp3) is 0.471. The van der Waals surface area contributed by atoms with Crippen LogP contribution >= 0.6 is 11.6 Å². The summed E-state index contributed by atoms with van der Waals surface area (Å²) < 4.78 is 5.35. The molecule has 0 spiro atoms. The molecule has 120 valence electrons. The minimum atomic E-state index is -0.320. The molecule has 1 aromatic heterocycles. The van der Waals surface area contributed by atoms with Crippen LogP contribution in [-0.4, -0.2) is 35.0 Å². The number of hydrogen-bond donors (Lipinski definition) is 1. The molecule has 0 bridgehead atoms. The number of halogens is 1. The van der Waals surface area contributed by atoms with Crippen LogP contribution < -0.4 is 0 Å². The SMILES string of the molecule is O=C(/N=C/C1CC(c2n[nH]c3ccc(Cl)cc23)C1)[C@@H]1CCCO1. The summed E-state index contributed by atoms with van der Waals surface area (Å²) in [7, 11) is 0. The second kappa shape index (κ2) is 6.06. The van der Waals surface area contributed by atoms with Crippen molar-refractivity contribution >= 4 is 34.6 Å². The number of nitrogens with one attached hydrogen (secondary N) is 1. The fourth-order valence-corrected chi connectivity index (χ4v) is 3.53. The highest BCUT2D eigenvalue weighted by Gasteiger charge is 2.32. The Hall–Kier alpha value is -1.72. The Kier molecular flexibility index (Phi) is 3.91. The van der Waals surface area contributed by atoms with Gasteiger partial charge in [0.2, 0.25) is 0 Å². The Morgan fingerprint density at radius 2 is 2.30 bits per heavy atom. The Morgan fingerprint density at radius 3 is 3.09 bits per heavy atom. The molecule has 23 heavy (non-hydrogen) atoms. The molecule has 1 atom stereocenters. The van der Waals surface area contributed by atoms with E-state index in [-0.39, 0.29) is 12.0 Å². The van der Waals surface area contributed by atoms with Crippen molar-refractivity contribution in [3.05, 3.63) is 28.9 Å². The number of amides is 1. The van der Waals surface area contributed by atoms with Gasteiger partial charge in [-0.15, -0.1) is 0 Å². The number of benzene rings is 1. The van der Waals surface area contributed by atoms with E-state index in [1.165, 1.54) is 0 Å². The maximum Gasteiger partial charge on any atom is 0.274 e. The highest BCUT2D eigenvalue weighted by atomic mass is 35.5. The number of carbonyl (C=O) groups excluding carboxylic acids is 1. The number of aromatic amines is 1. The van der Waals surface area contributed by atoms with Gasteiger partial charge in [-0.25, -0.2) is 4.99 Å². The number of rotatable bonds is 3. The summed E-state index contributed by atoms with van der Waals surface area (Å²) in [5, 5.41) is 9.30. The third-order valence-corrected chi connectivity index (χ3v) is 4.97. The molecule has 6 heteroatoms. The van der Waals surface area contributed by atoms with Crippen molar-refractivity contribution in [3.8, 4) is 0 Å². The van der Waals surface area contributed by atoms with Crippen LogP contribution in [0.3, 0.4) is 0 Å². The largest absolute Gasteiger partial charge is 0.368 e. The first-order valence-electron chi connectivity index (χ1n) is 8.04. The van der Waals surface area contributed by atoms with Gasteiger partial charge >= 0.3 is 0 Å². The van der Waals surface area contributed by atoms with Crippen molar-refractivity contribution < 1.29 is 9.53 Å². The number of carbonyl (C=O) groups is 1. The first kappa shape index (κ1) is 14.8. The zero-order chi connectivity index (χ0) is 15.8. The molecular formula is C17H18ClN3O2. The highest BCUT2D eigenvalue weighted by Crippen LogP contribution is 2.42. The van der Waals surface area contributed by atoms with Crippen molar-refractivity contribution in [2.24, 2.45) is 10.9 Å². The van der Waals surface area contributed by atoms with Crippen LogP contribution in [0.5, 0.6) is 0 Å². The molecule has 1 saturated heterocycles. The molecule has 2 heterocycles. The van der Waals surface area contributed by atoms with Crippen molar-refractivity contribution in [2.45, 2.75) is 37.7 Å². The van der Waals surface area contributed by atoms with Crippen molar-refractivity contribution in [3.63, 3.8) is 0 Å². The fourth-order valence-electron chi connectivity index (χ4n) is 3.36. The second-order valence-electron chi connectivity index (χ2n) is 6.35. The Labute approximate surface area is 139 Å². The lowest BCUT2D eigenvalue weighted by atomic mass is 9.73. The second-order valence-corrected chi connectivity index (χ2v) is 6.78. The molecule has 0 unspecified atom stereocenters. The van der Waals surface area contributed by atoms with E-state index in [2.05, 4.69) is 15.2 Å². The number of fused-ring (bicyclic) bond motifs is 1. The number of H-pyrrole nitrogens is 1. The van der Waals surface area contributed by atoms with Crippen LogP contribution in [0, 0.1) is 5.92 Å². The Morgan fingerprint density at radius 1 is 1.43 bits per heavy atom. The standard InChI is InChI=1S/C17H18ClN3O2/c18-12-3-4-14-13(8-12)16(21-20-14)11-6-10(7-11)9-19-17(22)15-2-1-5-23-15/h3-4,8-11,15H,1-2,5-7H2,(H,20,21)/b19-9+/t10?,11?,15-/m0/s1. The van der Waals surface area contributed by atoms with E-state index in [1.807, 2.05) is 18.2 Å². The lowest BCUT2D eigenvalue weighted by Gasteiger charge is -2.31. The van der Waals surface area contributed by atoms with Crippen LogP contribution in [0.1, 0.15) is 37.3 Å². The van der Waals surface area contributed by atoms with Gasteiger partial charge < -0.3 is 4.74 Å². The van der Waals surface area contributed by atoms with E-state index in [0.717, 1.165) is 47.3 Å². The summed E-state index contributed by atoms with van der Waals surface area (Å²) >= 11 is 6.08. The van der Waals surface area contributed by atoms with Crippen LogP contribution in [0.4, 0.5) is 0 Å². The van der Waals surface area contributed by atoms with Gasteiger partial charge in [-0.3, -0.25) is 9.89 Å². The molecule has 1 aliphatic carbocycles. The maximum absolute atomic E-state index is 11.9. The maximum atomic E-state index is 11.9.